The fourth-order valence-electron chi connectivity index (χ4n) is 6.96. The topological polar surface area (TPSA) is 135 Å². The van der Waals surface area contributed by atoms with Crippen molar-refractivity contribution in [3.05, 3.63) is 48.6 Å². The average Bonchev–Trinajstić information content (AvgIpc) is 3.22. The van der Waals surface area contributed by atoms with Gasteiger partial charge in [0.1, 0.15) is 30.5 Å². The zero-order valence-electron chi connectivity index (χ0n) is 37.0. The van der Waals surface area contributed by atoms with E-state index in [4.69, 9.17) is 18.9 Å². The molecule has 0 aromatic rings. The molecule has 0 saturated carbocycles. The van der Waals surface area contributed by atoms with Gasteiger partial charge >= 0.3 is 5.97 Å². The lowest BCUT2D eigenvalue weighted by Gasteiger charge is -2.39. The molecule has 0 radical (unpaired) electrons. The summed E-state index contributed by atoms with van der Waals surface area (Å²) in [5.74, 6) is -0.322. The molecule has 58 heavy (non-hydrogen) atoms. The summed E-state index contributed by atoms with van der Waals surface area (Å²) in [4.78, 5) is 12.8. The number of ether oxygens (including phenoxy) is 4. The summed E-state index contributed by atoms with van der Waals surface area (Å²) in [5.41, 5.74) is 0. The Hall–Kier alpha value is -1.85. The molecule has 0 amide bonds. The third-order valence-corrected chi connectivity index (χ3v) is 10.7. The number of hydrogen-bond acceptors (Lipinski definition) is 9. The summed E-state index contributed by atoms with van der Waals surface area (Å²) in [6.07, 6.45) is 42.7. The van der Waals surface area contributed by atoms with Crippen LogP contribution in [0.4, 0.5) is 0 Å². The molecule has 0 spiro atoms. The fourth-order valence-corrected chi connectivity index (χ4v) is 6.96. The highest BCUT2D eigenvalue weighted by atomic mass is 16.7. The number of hydrogen-bond donors (Lipinski definition) is 4. The molecule has 1 saturated heterocycles. The number of aliphatic hydroxyl groups excluding tert-OH is 4. The van der Waals surface area contributed by atoms with Crippen molar-refractivity contribution in [1.29, 1.82) is 0 Å². The van der Waals surface area contributed by atoms with Gasteiger partial charge in [0.15, 0.2) is 6.29 Å². The molecule has 1 rings (SSSR count). The van der Waals surface area contributed by atoms with Gasteiger partial charge in [0, 0.05) is 13.0 Å². The van der Waals surface area contributed by atoms with Gasteiger partial charge in [0.05, 0.1) is 19.8 Å². The first-order chi connectivity index (χ1) is 28.4. The van der Waals surface area contributed by atoms with E-state index in [2.05, 4.69) is 62.5 Å². The van der Waals surface area contributed by atoms with E-state index in [0.29, 0.717) is 13.0 Å². The molecule has 6 unspecified atom stereocenters. The summed E-state index contributed by atoms with van der Waals surface area (Å²) >= 11 is 0. The highest BCUT2D eigenvalue weighted by Crippen LogP contribution is 2.22. The molecule has 0 aromatic heterocycles. The van der Waals surface area contributed by atoms with Crippen LogP contribution in [-0.4, -0.2) is 89.6 Å². The second-order valence-corrected chi connectivity index (χ2v) is 16.2. The Balaban J connectivity index is 2.25. The standard InChI is InChI=1S/C49H88O9/c1-3-5-7-9-11-13-15-17-19-21-22-23-24-26-28-30-32-34-36-38-45(51)57-43(42-56-49-48(54)47(53)46(52)44(40-50)58-49)41-55-39-37-35-33-31-29-27-25-20-18-16-14-12-10-8-6-4-2/h11-14,17-20,43-44,46-50,52-54H,3-10,15-16,21-42H2,1-2H3/b13-11-,14-12-,19-17-,20-18-. The van der Waals surface area contributed by atoms with E-state index >= 15 is 0 Å². The number of carbonyl (C=O) groups is 1. The van der Waals surface area contributed by atoms with E-state index in [1.807, 2.05) is 0 Å². The maximum atomic E-state index is 12.8. The van der Waals surface area contributed by atoms with Crippen LogP contribution in [-0.2, 0) is 23.7 Å². The van der Waals surface area contributed by atoms with Crippen molar-refractivity contribution in [2.75, 3.05) is 26.4 Å². The van der Waals surface area contributed by atoms with Crippen molar-refractivity contribution in [3.8, 4) is 0 Å². The molecule has 0 aliphatic carbocycles. The Morgan fingerprint density at radius 1 is 0.552 bits per heavy atom. The minimum Gasteiger partial charge on any atom is -0.457 e. The molecular formula is C49H88O9. The molecule has 9 heteroatoms. The molecule has 0 bridgehead atoms. The quantitative estimate of drug-likeness (QED) is 0.0271. The van der Waals surface area contributed by atoms with Crippen molar-refractivity contribution in [2.24, 2.45) is 0 Å². The molecule has 1 aliphatic rings. The van der Waals surface area contributed by atoms with Crippen molar-refractivity contribution in [3.63, 3.8) is 0 Å². The van der Waals surface area contributed by atoms with Gasteiger partial charge in [-0.1, -0.05) is 159 Å². The van der Waals surface area contributed by atoms with E-state index in [-0.39, 0.29) is 19.2 Å². The van der Waals surface area contributed by atoms with Gasteiger partial charge in [-0.3, -0.25) is 4.79 Å². The molecule has 4 N–H and O–H groups in total. The Kier molecular flexibility index (Phi) is 37.9. The fraction of sp³-hybridized carbons (Fsp3) is 0.816. The van der Waals surface area contributed by atoms with Crippen molar-refractivity contribution in [1.82, 2.24) is 0 Å². The van der Waals surface area contributed by atoms with Crippen molar-refractivity contribution < 1.29 is 44.2 Å². The third-order valence-electron chi connectivity index (χ3n) is 10.7. The molecule has 1 heterocycles. The van der Waals surface area contributed by atoms with Crippen LogP contribution in [0.25, 0.3) is 0 Å². The minimum absolute atomic E-state index is 0.120. The average molecular weight is 821 g/mol. The molecule has 0 aromatic carbocycles. The second-order valence-electron chi connectivity index (χ2n) is 16.2. The van der Waals surface area contributed by atoms with Crippen LogP contribution in [0.15, 0.2) is 48.6 Å². The zero-order chi connectivity index (χ0) is 42.2. The van der Waals surface area contributed by atoms with Gasteiger partial charge in [0.25, 0.3) is 0 Å². The number of aliphatic hydroxyl groups is 4. The summed E-state index contributed by atoms with van der Waals surface area (Å²) in [6, 6.07) is 0. The van der Waals surface area contributed by atoms with Crippen LogP contribution in [0.2, 0.25) is 0 Å². The van der Waals surface area contributed by atoms with Crippen molar-refractivity contribution >= 4 is 5.97 Å². The first kappa shape index (κ1) is 54.2. The monoisotopic (exact) mass is 821 g/mol. The first-order valence-corrected chi connectivity index (χ1v) is 23.7. The van der Waals surface area contributed by atoms with Gasteiger partial charge in [-0.25, -0.2) is 0 Å². The van der Waals surface area contributed by atoms with Crippen LogP contribution in [0, 0.1) is 0 Å². The summed E-state index contributed by atoms with van der Waals surface area (Å²) < 4.78 is 22.8. The van der Waals surface area contributed by atoms with E-state index in [1.165, 1.54) is 116 Å². The molecule has 1 fully saturated rings. The van der Waals surface area contributed by atoms with Gasteiger partial charge in [0.2, 0.25) is 0 Å². The zero-order valence-corrected chi connectivity index (χ0v) is 37.0. The molecule has 6 atom stereocenters. The van der Waals surface area contributed by atoms with Crippen LogP contribution < -0.4 is 0 Å². The van der Waals surface area contributed by atoms with Crippen LogP contribution in [0.5, 0.6) is 0 Å². The number of rotatable bonds is 40. The lowest BCUT2D eigenvalue weighted by atomic mass is 9.99. The minimum atomic E-state index is -1.54. The van der Waals surface area contributed by atoms with Crippen LogP contribution in [0.3, 0.4) is 0 Å². The molecule has 9 nitrogen and oxygen atoms in total. The van der Waals surface area contributed by atoms with E-state index in [1.54, 1.807) is 0 Å². The second kappa shape index (κ2) is 40.6. The van der Waals surface area contributed by atoms with E-state index in [0.717, 1.165) is 57.8 Å². The highest BCUT2D eigenvalue weighted by molar-refractivity contribution is 5.69. The predicted molar refractivity (Wildman–Crippen MR) is 238 cm³/mol. The largest absolute Gasteiger partial charge is 0.457 e. The van der Waals surface area contributed by atoms with Crippen molar-refractivity contribution in [2.45, 2.75) is 230 Å². The number of allylic oxidation sites excluding steroid dienone is 8. The first-order valence-electron chi connectivity index (χ1n) is 23.7. The Morgan fingerprint density at radius 3 is 1.48 bits per heavy atom. The van der Waals surface area contributed by atoms with E-state index < -0.39 is 43.4 Å². The third kappa shape index (κ3) is 31.1. The predicted octanol–water partition coefficient (Wildman–Crippen LogP) is 10.9. The Bertz CT molecular complexity index is 1030. The maximum absolute atomic E-state index is 12.8. The van der Waals surface area contributed by atoms with Gasteiger partial charge in [-0.15, -0.1) is 0 Å². The number of unbranched alkanes of at least 4 members (excludes halogenated alkanes) is 21. The Morgan fingerprint density at radius 2 is 1.00 bits per heavy atom. The summed E-state index contributed by atoms with van der Waals surface area (Å²) in [6.45, 7) is 4.49. The van der Waals surface area contributed by atoms with Gasteiger partial charge in [-0.2, -0.15) is 0 Å². The molecular weight excluding hydrogens is 733 g/mol. The molecule has 338 valence electrons. The number of carbonyl (C=O) groups excluding carboxylic acids is 1. The lowest BCUT2D eigenvalue weighted by Crippen LogP contribution is -2.59. The summed E-state index contributed by atoms with van der Waals surface area (Å²) in [5, 5.41) is 40.2. The maximum Gasteiger partial charge on any atom is 0.306 e. The van der Waals surface area contributed by atoms with E-state index in [9.17, 15) is 25.2 Å². The SMILES string of the molecule is CCCCC/C=C\C/C=C\CCCCCCCCCCCC(=O)OC(COCCCCCCCC/C=C\C/C=C\CCCCC)COC1OC(CO)C(O)C(O)C1O. The van der Waals surface area contributed by atoms with Crippen LogP contribution >= 0.6 is 0 Å². The smallest absolute Gasteiger partial charge is 0.306 e. The number of esters is 1. The van der Waals surface area contributed by atoms with Crippen LogP contribution in [0.1, 0.15) is 194 Å². The van der Waals surface area contributed by atoms with Gasteiger partial charge in [-0.05, 0) is 77.0 Å². The lowest BCUT2D eigenvalue weighted by molar-refractivity contribution is -0.305. The summed E-state index contributed by atoms with van der Waals surface area (Å²) in [7, 11) is 0. The van der Waals surface area contributed by atoms with Gasteiger partial charge < -0.3 is 39.4 Å². The normalized spacial score (nSPS) is 20.7. The highest BCUT2D eigenvalue weighted by Gasteiger charge is 2.44. The molecule has 1 aliphatic heterocycles. The Labute approximate surface area is 354 Å².